The van der Waals surface area contributed by atoms with Crippen LogP contribution in [0.3, 0.4) is 0 Å². The Morgan fingerprint density at radius 2 is 2.07 bits per heavy atom. The lowest BCUT2D eigenvalue weighted by molar-refractivity contribution is 0.385. The van der Waals surface area contributed by atoms with Crippen LogP contribution in [0.4, 0.5) is 0 Å². The SMILES string of the molecule is CCc1noc(CSc2nc3sc4c(c3c(=O)n2CCC(C)C)CCCC4)n1. The molecule has 3 heterocycles. The summed E-state index contributed by atoms with van der Waals surface area (Å²) in [6.45, 7) is 7.05. The normalized spacial score (nSPS) is 14.1. The molecular formula is C20H26N4O2S2. The van der Waals surface area contributed by atoms with E-state index in [1.165, 1.54) is 28.6 Å². The van der Waals surface area contributed by atoms with Gasteiger partial charge in [0, 0.05) is 17.8 Å². The summed E-state index contributed by atoms with van der Waals surface area (Å²) in [5.74, 6) is 2.34. The van der Waals surface area contributed by atoms with Crippen molar-refractivity contribution in [2.75, 3.05) is 0 Å². The van der Waals surface area contributed by atoms with Crippen LogP contribution in [0.15, 0.2) is 14.5 Å². The minimum Gasteiger partial charge on any atom is -0.338 e. The lowest BCUT2D eigenvalue weighted by Crippen LogP contribution is -2.24. The summed E-state index contributed by atoms with van der Waals surface area (Å²) in [5.41, 5.74) is 1.37. The maximum Gasteiger partial charge on any atom is 0.263 e. The zero-order valence-electron chi connectivity index (χ0n) is 16.7. The second kappa shape index (κ2) is 8.37. The topological polar surface area (TPSA) is 73.8 Å². The average Bonchev–Trinajstić information content (AvgIpc) is 3.29. The van der Waals surface area contributed by atoms with E-state index in [-0.39, 0.29) is 5.56 Å². The van der Waals surface area contributed by atoms with Gasteiger partial charge < -0.3 is 4.52 Å². The third-order valence-electron chi connectivity index (χ3n) is 5.12. The molecule has 0 fully saturated rings. The molecule has 150 valence electrons. The number of fused-ring (bicyclic) bond motifs is 3. The number of aryl methyl sites for hydroxylation is 3. The molecule has 0 spiro atoms. The van der Waals surface area contributed by atoms with Crippen LogP contribution >= 0.6 is 23.1 Å². The molecule has 1 aliphatic carbocycles. The summed E-state index contributed by atoms with van der Waals surface area (Å²) in [5, 5.41) is 5.57. The van der Waals surface area contributed by atoms with Gasteiger partial charge in [-0.3, -0.25) is 9.36 Å². The number of thioether (sulfide) groups is 1. The van der Waals surface area contributed by atoms with Crippen molar-refractivity contribution in [3.05, 3.63) is 32.5 Å². The van der Waals surface area contributed by atoms with E-state index in [1.807, 2.05) is 11.5 Å². The van der Waals surface area contributed by atoms with Gasteiger partial charge in [-0.2, -0.15) is 4.98 Å². The maximum absolute atomic E-state index is 13.4. The number of thiophene rings is 1. The van der Waals surface area contributed by atoms with Crippen LogP contribution in [0.1, 0.15) is 62.2 Å². The first-order valence-electron chi connectivity index (χ1n) is 10.1. The minimum absolute atomic E-state index is 0.118. The van der Waals surface area contributed by atoms with Gasteiger partial charge in [0.1, 0.15) is 4.83 Å². The van der Waals surface area contributed by atoms with Crippen molar-refractivity contribution >= 4 is 33.3 Å². The van der Waals surface area contributed by atoms with E-state index in [4.69, 9.17) is 9.51 Å². The van der Waals surface area contributed by atoms with Crippen LogP contribution in [-0.2, 0) is 31.6 Å². The fourth-order valence-corrected chi connectivity index (χ4v) is 5.70. The number of nitrogens with zero attached hydrogens (tertiary/aromatic N) is 4. The van der Waals surface area contributed by atoms with Crippen molar-refractivity contribution in [3.8, 4) is 0 Å². The Morgan fingerprint density at radius 1 is 1.25 bits per heavy atom. The molecule has 4 rings (SSSR count). The fraction of sp³-hybridized carbons (Fsp3) is 0.600. The Balaban J connectivity index is 1.72. The average molecular weight is 419 g/mol. The molecule has 0 saturated carbocycles. The second-order valence-electron chi connectivity index (χ2n) is 7.67. The van der Waals surface area contributed by atoms with Gasteiger partial charge in [0.25, 0.3) is 5.56 Å². The van der Waals surface area contributed by atoms with E-state index in [1.54, 1.807) is 11.3 Å². The highest BCUT2D eigenvalue weighted by molar-refractivity contribution is 7.98. The van der Waals surface area contributed by atoms with Crippen molar-refractivity contribution < 1.29 is 4.52 Å². The highest BCUT2D eigenvalue weighted by Gasteiger charge is 2.22. The Bertz CT molecular complexity index is 1030. The van der Waals surface area contributed by atoms with Gasteiger partial charge >= 0.3 is 0 Å². The van der Waals surface area contributed by atoms with Gasteiger partial charge in [0.15, 0.2) is 11.0 Å². The van der Waals surface area contributed by atoms with E-state index < -0.39 is 0 Å². The molecule has 8 heteroatoms. The molecule has 0 unspecified atom stereocenters. The van der Waals surface area contributed by atoms with Crippen LogP contribution in [0.2, 0.25) is 0 Å². The lowest BCUT2D eigenvalue weighted by Gasteiger charge is -2.14. The Kier molecular flexibility index (Phi) is 5.87. The molecule has 3 aromatic heterocycles. The summed E-state index contributed by atoms with van der Waals surface area (Å²) >= 11 is 3.21. The molecule has 0 bridgehead atoms. The van der Waals surface area contributed by atoms with E-state index >= 15 is 0 Å². The van der Waals surface area contributed by atoms with E-state index in [0.717, 1.165) is 47.5 Å². The summed E-state index contributed by atoms with van der Waals surface area (Å²) in [6.07, 6.45) is 6.15. The zero-order chi connectivity index (χ0) is 19.7. The molecule has 28 heavy (non-hydrogen) atoms. The third-order valence-corrected chi connectivity index (χ3v) is 7.27. The van der Waals surface area contributed by atoms with Gasteiger partial charge in [0.05, 0.1) is 11.1 Å². The van der Waals surface area contributed by atoms with Gasteiger partial charge in [-0.15, -0.1) is 11.3 Å². The van der Waals surface area contributed by atoms with Crippen molar-refractivity contribution in [2.24, 2.45) is 5.92 Å². The monoisotopic (exact) mass is 418 g/mol. The molecule has 0 aliphatic heterocycles. The molecule has 3 aromatic rings. The summed E-state index contributed by atoms with van der Waals surface area (Å²) in [6, 6.07) is 0. The van der Waals surface area contributed by atoms with Crippen LogP contribution < -0.4 is 5.56 Å². The van der Waals surface area contributed by atoms with Crippen molar-refractivity contribution in [2.45, 2.75) is 76.8 Å². The summed E-state index contributed by atoms with van der Waals surface area (Å²) < 4.78 is 7.17. The van der Waals surface area contributed by atoms with Gasteiger partial charge in [-0.1, -0.05) is 37.7 Å². The second-order valence-corrected chi connectivity index (χ2v) is 9.70. The predicted molar refractivity (Wildman–Crippen MR) is 113 cm³/mol. The highest BCUT2D eigenvalue weighted by Crippen LogP contribution is 2.35. The molecule has 0 saturated heterocycles. The molecule has 0 atom stereocenters. The van der Waals surface area contributed by atoms with E-state index in [2.05, 4.69) is 24.0 Å². The number of rotatable bonds is 7. The van der Waals surface area contributed by atoms with Crippen molar-refractivity contribution in [3.63, 3.8) is 0 Å². The summed E-state index contributed by atoms with van der Waals surface area (Å²) in [7, 11) is 0. The van der Waals surface area contributed by atoms with Crippen molar-refractivity contribution in [1.82, 2.24) is 19.7 Å². The van der Waals surface area contributed by atoms with Crippen LogP contribution in [0, 0.1) is 5.92 Å². The molecular weight excluding hydrogens is 392 g/mol. The van der Waals surface area contributed by atoms with Gasteiger partial charge in [-0.05, 0) is 43.6 Å². The fourth-order valence-electron chi connectivity index (χ4n) is 3.53. The largest absolute Gasteiger partial charge is 0.338 e. The molecule has 1 aliphatic rings. The van der Waals surface area contributed by atoms with Crippen LogP contribution in [0.25, 0.3) is 10.2 Å². The Hall–Kier alpha value is -1.67. The first kappa shape index (κ1) is 19.6. The van der Waals surface area contributed by atoms with E-state index in [0.29, 0.717) is 29.9 Å². The Labute approximate surface area is 172 Å². The van der Waals surface area contributed by atoms with Crippen LogP contribution in [0.5, 0.6) is 0 Å². The predicted octanol–water partition coefficient (Wildman–Crippen LogP) is 4.62. The molecule has 6 nitrogen and oxygen atoms in total. The first-order chi connectivity index (χ1) is 13.6. The lowest BCUT2D eigenvalue weighted by atomic mass is 9.97. The minimum atomic E-state index is 0.118. The van der Waals surface area contributed by atoms with Crippen LogP contribution in [-0.4, -0.2) is 19.7 Å². The third kappa shape index (κ3) is 3.89. The smallest absolute Gasteiger partial charge is 0.263 e. The number of hydrogen-bond acceptors (Lipinski definition) is 7. The number of aromatic nitrogens is 4. The molecule has 0 aromatic carbocycles. The Morgan fingerprint density at radius 3 is 2.82 bits per heavy atom. The first-order valence-corrected chi connectivity index (χ1v) is 11.9. The zero-order valence-corrected chi connectivity index (χ0v) is 18.3. The highest BCUT2D eigenvalue weighted by atomic mass is 32.2. The van der Waals surface area contributed by atoms with E-state index in [9.17, 15) is 4.79 Å². The number of hydrogen-bond donors (Lipinski definition) is 0. The van der Waals surface area contributed by atoms with Gasteiger partial charge in [-0.25, -0.2) is 4.98 Å². The quantitative estimate of drug-likeness (QED) is 0.412. The standard InChI is InChI=1S/C20H26N4O2S2/c1-4-15-21-16(26-23-15)11-27-20-22-18-17(13-7-5-6-8-14(13)28-18)19(25)24(20)10-9-12(2)3/h12H,4-11H2,1-3H3. The molecule has 0 amide bonds. The summed E-state index contributed by atoms with van der Waals surface area (Å²) in [4.78, 5) is 25.0. The van der Waals surface area contributed by atoms with Crippen molar-refractivity contribution in [1.29, 1.82) is 0 Å². The molecule has 0 radical (unpaired) electrons. The molecule has 0 N–H and O–H groups in total. The van der Waals surface area contributed by atoms with Gasteiger partial charge in [0.2, 0.25) is 5.89 Å². The maximum atomic E-state index is 13.4.